The van der Waals surface area contributed by atoms with Crippen LogP contribution in [0.15, 0.2) is 60.7 Å². The maximum Gasteiger partial charge on any atom is 0.131 e. The minimum Gasteiger partial charge on any atom is -0.362 e. The van der Waals surface area contributed by atoms with Crippen LogP contribution in [0.1, 0.15) is 56.6 Å². The Hall–Kier alpha value is -1.17. The van der Waals surface area contributed by atoms with Gasteiger partial charge in [-0.05, 0) is 17.5 Å². The number of rotatable bonds is 10. The van der Waals surface area contributed by atoms with Crippen LogP contribution in [0.3, 0.4) is 0 Å². The molecule has 23 heavy (non-hydrogen) atoms. The standard InChI is InChI=1S/C21H29OP/c1-2-3-4-5-6-13-18-22-21(23,19-14-9-7-10-15-19)20-16-11-8-12-17-20/h7-12,14-17H,2-6,13,18,23H2,1H3. The topological polar surface area (TPSA) is 9.23 Å². The first-order valence-electron chi connectivity index (χ1n) is 8.81. The lowest BCUT2D eigenvalue weighted by Gasteiger charge is -2.31. The molecular formula is C21H29OP. The highest BCUT2D eigenvalue weighted by Gasteiger charge is 2.29. The first-order chi connectivity index (χ1) is 11.3. The Labute approximate surface area is 143 Å². The van der Waals surface area contributed by atoms with Gasteiger partial charge in [0.1, 0.15) is 5.34 Å². The first-order valence-corrected chi connectivity index (χ1v) is 9.39. The average molecular weight is 328 g/mol. The molecule has 0 aromatic heterocycles. The summed E-state index contributed by atoms with van der Waals surface area (Å²) in [4.78, 5) is 0. The molecule has 2 aromatic rings. The van der Waals surface area contributed by atoms with Crippen molar-refractivity contribution < 1.29 is 4.74 Å². The Kier molecular flexibility index (Phi) is 7.79. The molecule has 0 N–H and O–H groups in total. The van der Waals surface area contributed by atoms with Crippen molar-refractivity contribution in [3.8, 4) is 0 Å². The second-order valence-electron chi connectivity index (χ2n) is 6.08. The second kappa shape index (κ2) is 9.85. The third-order valence-corrected chi connectivity index (χ3v) is 5.07. The van der Waals surface area contributed by atoms with Crippen molar-refractivity contribution in [2.24, 2.45) is 0 Å². The van der Waals surface area contributed by atoms with E-state index < -0.39 is 5.34 Å². The summed E-state index contributed by atoms with van der Waals surface area (Å²) in [5.74, 6) is 0. The normalized spacial score (nSPS) is 11.6. The van der Waals surface area contributed by atoms with Crippen LogP contribution in [-0.4, -0.2) is 6.61 Å². The Morgan fingerprint density at radius 2 is 1.22 bits per heavy atom. The predicted octanol–water partition coefficient (Wildman–Crippen LogP) is 6.14. The van der Waals surface area contributed by atoms with Crippen LogP contribution in [-0.2, 0) is 10.1 Å². The lowest BCUT2D eigenvalue weighted by Crippen LogP contribution is -2.24. The van der Waals surface area contributed by atoms with Gasteiger partial charge in [-0.25, -0.2) is 0 Å². The quantitative estimate of drug-likeness (QED) is 0.376. The Morgan fingerprint density at radius 1 is 0.739 bits per heavy atom. The molecule has 0 fully saturated rings. The lowest BCUT2D eigenvalue weighted by molar-refractivity contribution is 0.0485. The molecule has 2 aromatic carbocycles. The van der Waals surface area contributed by atoms with E-state index >= 15 is 0 Å². The highest BCUT2D eigenvalue weighted by Crippen LogP contribution is 2.40. The van der Waals surface area contributed by atoms with Gasteiger partial charge in [-0.15, -0.1) is 0 Å². The molecule has 0 aliphatic rings. The van der Waals surface area contributed by atoms with Gasteiger partial charge in [0.05, 0.1) is 0 Å². The molecule has 0 heterocycles. The highest BCUT2D eigenvalue weighted by molar-refractivity contribution is 7.18. The zero-order chi connectivity index (χ0) is 16.4. The van der Waals surface area contributed by atoms with Crippen molar-refractivity contribution in [3.05, 3.63) is 71.8 Å². The fourth-order valence-corrected chi connectivity index (χ4v) is 3.32. The van der Waals surface area contributed by atoms with E-state index in [1.807, 2.05) is 12.1 Å². The molecule has 1 nitrogen and oxygen atoms in total. The summed E-state index contributed by atoms with van der Waals surface area (Å²) in [6, 6.07) is 21.0. The maximum atomic E-state index is 6.37. The zero-order valence-electron chi connectivity index (χ0n) is 14.2. The van der Waals surface area contributed by atoms with Crippen LogP contribution in [0.5, 0.6) is 0 Å². The summed E-state index contributed by atoms with van der Waals surface area (Å²) in [6.07, 6.45) is 7.69. The summed E-state index contributed by atoms with van der Waals surface area (Å²) in [7, 11) is 2.94. The molecule has 0 saturated carbocycles. The molecule has 0 radical (unpaired) electrons. The van der Waals surface area contributed by atoms with Gasteiger partial charge < -0.3 is 4.74 Å². The van der Waals surface area contributed by atoms with E-state index in [4.69, 9.17) is 4.74 Å². The molecule has 1 unspecified atom stereocenters. The van der Waals surface area contributed by atoms with Crippen molar-refractivity contribution in [3.63, 3.8) is 0 Å². The van der Waals surface area contributed by atoms with Crippen LogP contribution in [0, 0.1) is 0 Å². The third-order valence-electron chi connectivity index (χ3n) is 4.23. The molecule has 2 rings (SSSR count). The predicted molar refractivity (Wildman–Crippen MR) is 103 cm³/mol. The molecule has 2 heteroatoms. The van der Waals surface area contributed by atoms with Crippen molar-refractivity contribution in [2.45, 2.75) is 50.8 Å². The molecule has 1 atom stereocenters. The van der Waals surface area contributed by atoms with Crippen molar-refractivity contribution in [2.75, 3.05) is 6.61 Å². The van der Waals surface area contributed by atoms with Crippen molar-refractivity contribution >= 4 is 9.24 Å². The molecule has 0 amide bonds. The van der Waals surface area contributed by atoms with Crippen molar-refractivity contribution in [1.82, 2.24) is 0 Å². The summed E-state index contributed by atoms with van der Waals surface area (Å²) < 4.78 is 6.37. The first kappa shape index (κ1) is 18.2. The van der Waals surface area contributed by atoms with Gasteiger partial charge in [0.15, 0.2) is 0 Å². The summed E-state index contributed by atoms with van der Waals surface area (Å²) in [5, 5.41) is -0.452. The van der Waals surface area contributed by atoms with Gasteiger partial charge in [-0.2, -0.15) is 0 Å². The van der Waals surface area contributed by atoms with Crippen LogP contribution in [0.2, 0.25) is 0 Å². The largest absolute Gasteiger partial charge is 0.362 e. The van der Waals surface area contributed by atoms with Crippen LogP contribution in [0.25, 0.3) is 0 Å². The fraction of sp³-hybridized carbons (Fsp3) is 0.429. The molecule has 0 aliphatic heterocycles. The Morgan fingerprint density at radius 3 is 1.74 bits per heavy atom. The van der Waals surface area contributed by atoms with Crippen molar-refractivity contribution in [1.29, 1.82) is 0 Å². The van der Waals surface area contributed by atoms with E-state index in [1.165, 1.54) is 43.2 Å². The van der Waals surface area contributed by atoms with E-state index in [1.54, 1.807) is 0 Å². The minimum absolute atomic E-state index is 0.452. The minimum atomic E-state index is -0.452. The van der Waals surface area contributed by atoms with E-state index in [-0.39, 0.29) is 0 Å². The van der Waals surface area contributed by atoms with Gasteiger partial charge in [0.2, 0.25) is 0 Å². The molecule has 0 spiro atoms. The third kappa shape index (κ3) is 5.44. The van der Waals surface area contributed by atoms with Gasteiger partial charge in [-0.3, -0.25) is 0 Å². The number of hydrogen-bond acceptors (Lipinski definition) is 1. The van der Waals surface area contributed by atoms with Gasteiger partial charge in [0, 0.05) is 6.61 Å². The molecule has 0 bridgehead atoms. The molecule has 0 aliphatic carbocycles. The highest BCUT2D eigenvalue weighted by atomic mass is 31.0. The molecule has 0 saturated heterocycles. The van der Waals surface area contributed by atoms with E-state index in [0.29, 0.717) is 0 Å². The summed E-state index contributed by atoms with van der Waals surface area (Å²) in [5.41, 5.74) is 2.37. The Bertz CT molecular complexity index is 499. The fourth-order valence-electron chi connectivity index (χ4n) is 2.82. The van der Waals surface area contributed by atoms with E-state index in [0.717, 1.165) is 13.0 Å². The van der Waals surface area contributed by atoms with Crippen LogP contribution < -0.4 is 0 Å². The number of benzene rings is 2. The maximum absolute atomic E-state index is 6.37. The van der Waals surface area contributed by atoms with Crippen LogP contribution in [0.4, 0.5) is 0 Å². The zero-order valence-corrected chi connectivity index (χ0v) is 15.4. The van der Waals surface area contributed by atoms with Gasteiger partial charge in [-0.1, -0.05) is 109 Å². The smallest absolute Gasteiger partial charge is 0.131 e. The van der Waals surface area contributed by atoms with Gasteiger partial charge in [0.25, 0.3) is 0 Å². The SMILES string of the molecule is CCCCCCCCOC(P)(c1ccccc1)c1ccccc1. The van der Waals surface area contributed by atoms with E-state index in [2.05, 4.69) is 64.7 Å². The summed E-state index contributed by atoms with van der Waals surface area (Å²) >= 11 is 0. The number of hydrogen-bond donors (Lipinski definition) is 0. The lowest BCUT2D eigenvalue weighted by atomic mass is 10.0. The van der Waals surface area contributed by atoms with Crippen LogP contribution >= 0.6 is 9.24 Å². The number of ether oxygens (including phenoxy) is 1. The summed E-state index contributed by atoms with van der Waals surface area (Å²) in [6.45, 7) is 3.05. The van der Waals surface area contributed by atoms with Gasteiger partial charge >= 0.3 is 0 Å². The monoisotopic (exact) mass is 328 g/mol. The Balaban J connectivity index is 1.98. The second-order valence-corrected chi connectivity index (χ2v) is 6.90. The average Bonchev–Trinajstić information content (AvgIpc) is 2.62. The van der Waals surface area contributed by atoms with E-state index in [9.17, 15) is 0 Å². The molecular weight excluding hydrogens is 299 g/mol. The number of unbranched alkanes of at least 4 members (excludes halogenated alkanes) is 5. The molecule has 124 valence electrons.